The molecular weight excluding hydrogens is 296 g/mol. The SMILES string of the molecule is NC(=NC1CCCC1)SCc1ccccc1Br. The molecule has 17 heavy (non-hydrogen) atoms. The fraction of sp³-hybridized carbons (Fsp3) is 0.462. The smallest absolute Gasteiger partial charge is 0.154 e. The first-order valence-electron chi connectivity index (χ1n) is 5.95. The lowest BCUT2D eigenvalue weighted by Gasteiger charge is -2.06. The van der Waals surface area contributed by atoms with Crippen LogP contribution in [0.15, 0.2) is 33.7 Å². The van der Waals surface area contributed by atoms with Crippen molar-refractivity contribution >= 4 is 32.9 Å². The van der Waals surface area contributed by atoms with E-state index in [1.165, 1.54) is 31.2 Å². The van der Waals surface area contributed by atoms with Gasteiger partial charge in [-0.1, -0.05) is 58.7 Å². The molecule has 2 N–H and O–H groups in total. The highest BCUT2D eigenvalue weighted by Gasteiger charge is 2.14. The third kappa shape index (κ3) is 4.03. The summed E-state index contributed by atoms with van der Waals surface area (Å²) in [6.07, 6.45) is 5.01. The predicted octanol–water partition coefficient (Wildman–Crippen LogP) is 3.94. The second-order valence-corrected chi connectivity index (χ2v) is 6.14. The molecule has 1 aliphatic carbocycles. The number of rotatable bonds is 3. The van der Waals surface area contributed by atoms with Crippen LogP contribution in [0, 0.1) is 0 Å². The van der Waals surface area contributed by atoms with Gasteiger partial charge in [0.2, 0.25) is 0 Å². The Morgan fingerprint density at radius 3 is 2.76 bits per heavy atom. The highest BCUT2D eigenvalue weighted by atomic mass is 79.9. The van der Waals surface area contributed by atoms with Crippen molar-refractivity contribution in [2.24, 2.45) is 10.7 Å². The van der Waals surface area contributed by atoms with Gasteiger partial charge >= 0.3 is 0 Å². The Labute approximate surface area is 115 Å². The lowest BCUT2D eigenvalue weighted by molar-refractivity contribution is 0.708. The van der Waals surface area contributed by atoms with Crippen molar-refractivity contribution in [3.63, 3.8) is 0 Å². The Morgan fingerprint density at radius 2 is 2.06 bits per heavy atom. The zero-order valence-corrected chi connectivity index (χ0v) is 12.1. The molecule has 0 saturated heterocycles. The summed E-state index contributed by atoms with van der Waals surface area (Å²) in [4.78, 5) is 4.56. The van der Waals surface area contributed by atoms with E-state index in [4.69, 9.17) is 5.73 Å². The van der Waals surface area contributed by atoms with E-state index in [0.717, 1.165) is 15.4 Å². The van der Waals surface area contributed by atoms with Gasteiger partial charge in [0.1, 0.15) is 0 Å². The lowest BCUT2D eigenvalue weighted by atomic mass is 10.2. The number of thioether (sulfide) groups is 1. The molecule has 2 rings (SSSR count). The van der Waals surface area contributed by atoms with Crippen LogP contribution in [0.1, 0.15) is 31.2 Å². The molecule has 0 aromatic heterocycles. The summed E-state index contributed by atoms with van der Waals surface area (Å²) in [5.41, 5.74) is 7.21. The molecule has 0 heterocycles. The average molecular weight is 313 g/mol. The number of halogens is 1. The van der Waals surface area contributed by atoms with E-state index in [0.29, 0.717) is 6.04 Å². The molecule has 0 amide bonds. The van der Waals surface area contributed by atoms with E-state index in [2.05, 4.69) is 33.1 Å². The molecule has 0 radical (unpaired) electrons. The van der Waals surface area contributed by atoms with Gasteiger partial charge in [-0.05, 0) is 24.5 Å². The molecule has 0 spiro atoms. The Morgan fingerprint density at radius 1 is 1.35 bits per heavy atom. The monoisotopic (exact) mass is 312 g/mol. The van der Waals surface area contributed by atoms with Crippen LogP contribution in [0.25, 0.3) is 0 Å². The topological polar surface area (TPSA) is 38.4 Å². The van der Waals surface area contributed by atoms with Gasteiger partial charge < -0.3 is 5.73 Å². The maximum Gasteiger partial charge on any atom is 0.154 e. The molecule has 0 aliphatic heterocycles. The van der Waals surface area contributed by atoms with Crippen molar-refractivity contribution in [1.82, 2.24) is 0 Å². The third-order valence-corrected chi connectivity index (χ3v) is 4.60. The molecular formula is C13H17BrN2S. The van der Waals surface area contributed by atoms with Crippen molar-refractivity contribution in [3.8, 4) is 0 Å². The van der Waals surface area contributed by atoms with Crippen molar-refractivity contribution in [3.05, 3.63) is 34.3 Å². The fourth-order valence-electron chi connectivity index (χ4n) is 2.02. The number of nitrogens with zero attached hydrogens (tertiary/aromatic N) is 1. The highest BCUT2D eigenvalue weighted by molar-refractivity contribution is 9.10. The first-order chi connectivity index (χ1) is 8.25. The molecule has 2 nitrogen and oxygen atoms in total. The molecule has 1 saturated carbocycles. The molecule has 0 bridgehead atoms. The Bertz CT molecular complexity index is 400. The van der Waals surface area contributed by atoms with Crippen LogP contribution >= 0.6 is 27.7 Å². The van der Waals surface area contributed by atoms with E-state index in [1.807, 2.05) is 12.1 Å². The highest BCUT2D eigenvalue weighted by Crippen LogP contribution is 2.24. The van der Waals surface area contributed by atoms with Crippen LogP contribution < -0.4 is 5.73 Å². The van der Waals surface area contributed by atoms with Crippen LogP contribution in [-0.4, -0.2) is 11.2 Å². The number of benzene rings is 1. The van der Waals surface area contributed by atoms with Crippen molar-refractivity contribution < 1.29 is 0 Å². The van der Waals surface area contributed by atoms with Gasteiger partial charge in [-0.25, -0.2) is 0 Å². The standard InChI is InChI=1S/C13H17BrN2S/c14-12-8-4-1-5-10(12)9-17-13(15)16-11-6-2-3-7-11/h1,4-5,8,11H,2-3,6-7,9H2,(H2,15,16). The van der Waals surface area contributed by atoms with Crippen LogP contribution in [0.4, 0.5) is 0 Å². The summed E-state index contributed by atoms with van der Waals surface area (Å²) >= 11 is 5.17. The molecule has 1 fully saturated rings. The Kier molecular flexibility index (Phi) is 4.92. The van der Waals surface area contributed by atoms with Gasteiger partial charge in [0, 0.05) is 10.2 Å². The van der Waals surface area contributed by atoms with Crippen LogP contribution in [0.3, 0.4) is 0 Å². The Hall–Kier alpha value is -0.480. The fourth-order valence-corrected chi connectivity index (χ4v) is 3.41. The number of hydrogen-bond acceptors (Lipinski definition) is 2. The Balaban J connectivity index is 1.87. The number of nitrogens with two attached hydrogens (primary N) is 1. The maximum absolute atomic E-state index is 5.95. The molecule has 1 aliphatic rings. The minimum Gasteiger partial charge on any atom is -0.379 e. The van der Waals surface area contributed by atoms with Crippen molar-refractivity contribution in [2.75, 3.05) is 0 Å². The maximum atomic E-state index is 5.95. The second-order valence-electron chi connectivity index (χ2n) is 4.29. The summed E-state index contributed by atoms with van der Waals surface area (Å²) < 4.78 is 1.14. The minimum absolute atomic E-state index is 0.474. The van der Waals surface area contributed by atoms with E-state index in [1.54, 1.807) is 11.8 Å². The van der Waals surface area contributed by atoms with E-state index in [-0.39, 0.29) is 0 Å². The normalized spacial score (nSPS) is 17.6. The van der Waals surface area contributed by atoms with Crippen molar-refractivity contribution in [1.29, 1.82) is 0 Å². The molecule has 92 valence electrons. The molecule has 1 aromatic carbocycles. The first kappa shape index (κ1) is 13.0. The minimum atomic E-state index is 0.474. The first-order valence-corrected chi connectivity index (χ1v) is 7.73. The second kappa shape index (κ2) is 6.45. The summed E-state index contributed by atoms with van der Waals surface area (Å²) in [6.45, 7) is 0. The summed E-state index contributed by atoms with van der Waals surface area (Å²) in [6, 6.07) is 8.71. The number of hydrogen-bond donors (Lipinski definition) is 1. The molecule has 4 heteroatoms. The molecule has 1 aromatic rings. The van der Waals surface area contributed by atoms with Gasteiger partial charge in [0.15, 0.2) is 5.17 Å². The van der Waals surface area contributed by atoms with Crippen LogP contribution in [-0.2, 0) is 5.75 Å². The van der Waals surface area contributed by atoms with Gasteiger partial charge in [0.05, 0.1) is 6.04 Å². The van der Waals surface area contributed by atoms with Crippen LogP contribution in [0.2, 0.25) is 0 Å². The number of amidine groups is 1. The van der Waals surface area contributed by atoms with Gasteiger partial charge in [-0.3, -0.25) is 4.99 Å². The molecule has 0 unspecified atom stereocenters. The largest absolute Gasteiger partial charge is 0.379 e. The zero-order valence-electron chi connectivity index (χ0n) is 9.73. The predicted molar refractivity (Wildman–Crippen MR) is 79.3 cm³/mol. The third-order valence-electron chi connectivity index (χ3n) is 2.97. The zero-order chi connectivity index (χ0) is 12.1. The quantitative estimate of drug-likeness (QED) is 0.678. The van der Waals surface area contributed by atoms with Gasteiger partial charge in [-0.2, -0.15) is 0 Å². The van der Waals surface area contributed by atoms with Crippen molar-refractivity contribution in [2.45, 2.75) is 37.5 Å². The number of aliphatic imine (C=N–C) groups is 1. The summed E-state index contributed by atoms with van der Waals surface area (Å²) in [5, 5.41) is 0.729. The summed E-state index contributed by atoms with van der Waals surface area (Å²) in [5.74, 6) is 0.878. The van der Waals surface area contributed by atoms with Gasteiger partial charge in [-0.15, -0.1) is 0 Å². The lowest BCUT2D eigenvalue weighted by Crippen LogP contribution is -2.11. The van der Waals surface area contributed by atoms with Gasteiger partial charge in [0.25, 0.3) is 0 Å². The van der Waals surface area contributed by atoms with E-state index >= 15 is 0 Å². The average Bonchev–Trinajstić information content (AvgIpc) is 2.81. The van der Waals surface area contributed by atoms with E-state index < -0.39 is 0 Å². The van der Waals surface area contributed by atoms with Crippen LogP contribution in [0.5, 0.6) is 0 Å². The van der Waals surface area contributed by atoms with E-state index in [9.17, 15) is 0 Å². The summed E-state index contributed by atoms with van der Waals surface area (Å²) in [7, 11) is 0. The molecule has 0 atom stereocenters.